The van der Waals surface area contributed by atoms with Crippen molar-refractivity contribution >= 4 is 40.7 Å². The number of aromatic nitrogens is 2. The van der Waals surface area contributed by atoms with Crippen LogP contribution in [0.15, 0.2) is 30.5 Å². The minimum absolute atomic E-state index is 0.105. The number of halogens is 1. The third kappa shape index (κ3) is 5.28. The fraction of sp³-hybridized carbons (Fsp3) is 0.455. The van der Waals surface area contributed by atoms with Crippen LogP contribution in [0, 0.1) is 0 Å². The summed E-state index contributed by atoms with van der Waals surface area (Å²) >= 11 is 6.18. The Morgan fingerprint density at radius 1 is 1.09 bits per heavy atom. The first-order valence-electron chi connectivity index (χ1n) is 10.8. The molecule has 2 aliphatic rings. The molecule has 170 valence electrons. The third-order valence-corrected chi connectivity index (χ3v) is 5.85. The van der Waals surface area contributed by atoms with E-state index in [1.54, 1.807) is 7.05 Å². The van der Waals surface area contributed by atoms with E-state index in [0.29, 0.717) is 24.8 Å². The van der Waals surface area contributed by atoms with Gasteiger partial charge in [0.15, 0.2) is 5.69 Å². The molecular formula is C22H27ClN6O3. The van der Waals surface area contributed by atoms with Gasteiger partial charge >= 0.3 is 0 Å². The minimum Gasteiger partial charge on any atom is -0.378 e. The number of benzene rings is 1. The number of nitrogens with one attached hydrogen (secondary N) is 1. The lowest BCUT2D eigenvalue weighted by Gasteiger charge is -2.28. The van der Waals surface area contributed by atoms with E-state index in [2.05, 4.69) is 20.2 Å². The topological polar surface area (TPSA) is 90.9 Å². The van der Waals surface area contributed by atoms with Gasteiger partial charge in [-0.3, -0.25) is 9.59 Å². The van der Waals surface area contributed by atoms with Gasteiger partial charge in [0, 0.05) is 44.6 Å². The Bertz CT molecular complexity index is 959. The Hall–Kier alpha value is -2.91. The number of carbonyl (C=O) groups excluding carboxylic acids is 2. The molecule has 10 heteroatoms. The first-order valence-corrected chi connectivity index (χ1v) is 11.1. The molecule has 0 aliphatic carbocycles. The fourth-order valence-electron chi connectivity index (χ4n) is 3.82. The number of nitrogens with zero attached hydrogens (tertiary/aromatic N) is 5. The smallest absolute Gasteiger partial charge is 0.274 e. The van der Waals surface area contributed by atoms with Crippen LogP contribution in [0.3, 0.4) is 0 Å². The summed E-state index contributed by atoms with van der Waals surface area (Å²) in [5, 5.41) is 3.00. The molecule has 0 bridgehead atoms. The van der Waals surface area contributed by atoms with E-state index in [-0.39, 0.29) is 23.2 Å². The monoisotopic (exact) mass is 458 g/mol. The summed E-state index contributed by atoms with van der Waals surface area (Å²) in [4.78, 5) is 39.6. The first kappa shape index (κ1) is 22.3. The van der Waals surface area contributed by atoms with E-state index in [0.717, 1.165) is 44.7 Å². The maximum atomic E-state index is 12.9. The molecule has 4 rings (SSSR count). The molecule has 3 heterocycles. The van der Waals surface area contributed by atoms with E-state index in [1.165, 1.54) is 11.1 Å². The van der Waals surface area contributed by atoms with Gasteiger partial charge in [-0.25, -0.2) is 9.97 Å². The molecule has 2 aliphatic heterocycles. The SMILES string of the molecule is CN(CC(=O)Nc1ccc(N2CCOCC2)cc1)C(=O)c1nc(N2CCCC2)ncc1Cl. The van der Waals surface area contributed by atoms with Gasteiger partial charge in [-0.1, -0.05) is 11.6 Å². The summed E-state index contributed by atoms with van der Waals surface area (Å²) < 4.78 is 5.38. The summed E-state index contributed by atoms with van der Waals surface area (Å²) in [6, 6.07) is 7.65. The van der Waals surface area contributed by atoms with Crippen LogP contribution in [-0.2, 0) is 9.53 Å². The van der Waals surface area contributed by atoms with E-state index in [9.17, 15) is 9.59 Å². The fourth-order valence-corrected chi connectivity index (χ4v) is 3.99. The second kappa shape index (κ2) is 10.1. The predicted molar refractivity (Wildman–Crippen MR) is 124 cm³/mol. The molecule has 2 amide bonds. The van der Waals surface area contributed by atoms with Crippen molar-refractivity contribution in [1.82, 2.24) is 14.9 Å². The van der Waals surface area contributed by atoms with Crippen molar-refractivity contribution in [3.8, 4) is 0 Å². The molecule has 2 fully saturated rings. The number of ether oxygens (including phenoxy) is 1. The van der Waals surface area contributed by atoms with E-state index >= 15 is 0 Å². The van der Waals surface area contributed by atoms with Crippen LogP contribution in [0.5, 0.6) is 0 Å². The number of hydrogen-bond acceptors (Lipinski definition) is 7. The van der Waals surface area contributed by atoms with E-state index in [1.807, 2.05) is 29.2 Å². The number of amides is 2. The highest BCUT2D eigenvalue weighted by Crippen LogP contribution is 2.21. The van der Waals surface area contributed by atoms with Gasteiger partial charge in [-0.15, -0.1) is 0 Å². The number of carbonyl (C=O) groups is 2. The van der Waals surface area contributed by atoms with Gasteiger partial charge in [0.2, 0.25) is 11.9 Å². The molecular weight excluding hydrogens is 432 g/mol. The van der Waals surface area contributed by atoms with Crippen LogP contribution in [0.1, 0.15) is 23.3 Å². The molecule has 32 heavy (non-hydrogen) atoms. The maximum Gasteiger partial charge on any atom is 0.274 e. The Morgan fingerprint density at radius 2 is 1.78 bits per heavy atom. The lowest BCUT2D eigenvalue weighted by Crippen LogP contribution is -2.36. The molecule has 1 N–H and O–H groups in total. The summed E-state index contributed by atoms with van der Waals surface area (Å²) in [6.07, 6.45) is 3.59. The predicted octanol–water partition coefficient (Wildman–Crippen LogP) is 2.28. The van der Waals surface area contributed by atoms with Crippen molar-refractivity contribution in [1.29, 1.82) is 0 Å². The van der Waals surface area contributed by atoms with Gasteiger partial charge < -0.3 is 24.8 Å². The number of morpholine rings is 1. The highest BCUT2D eigenvalue weighted by atomic mass is 35.5. The molecule has 2 aromatic rings. The Morgan fingerprint density at radius 3 is 2.47 bits per heavy atom. The quantitative estimate of drug-likeness (QED) is 0.710. The maximum absolute atomic E-state index is 12.9. The Labute approximate surface area is 192 Å². The zero-order chi connectivity index (χ0) is 22.5. The first-order chi connectivity index (χ1) is 15.5. The molecule has 9 nitrogen and oxygen atoms in total. The summed E-state index contributed by atoms with van der Waals surface area (Å²) in [5.74, 6) is -0.228. The van der Waals surface area contributed by atoms with Crippen molar-refractivity contribution in [3.63, 3.8) is 0 Å². The molecule has 1 aromatic heterocycles. The van der Waals surface area contributed by atoms with Crippen molar-refractivity contribution < 1.29 is 14.3 Å². The van der Waals surface area contributed by atoms with E-state index < -0.39 is 5.91 Å². The van der Waals surface area contributed by atoms with Crippen LogP contribution in [0.4, 0.5) is 17.3 Å². The second-order valence-corrected chi connectivity index (χ2v) is 8.32. The summed E-state index contributed by atoms with van der Waals surface area (Å²) in [7, 11) is 1.55. The van der Waals surface area contributed by atoms with Crippen LogP contribution in [-0.4, -0.2) is 79.7 Å². The van der Waals surface area contributed by atoms with Crippen LogP contribution >= 0.6 is 11.6 Å². The largest absolute Gasteiger partial charge is 0.378 e. The highest BCUT2D eigenvalue weighted by molar-refractivity contribution is 6.33. The molecule has 2 saturated heterocycles. The number of hydrogen-bond donors (Lipinski definition) is 1. The summed E-state index contributed by atoms with van der Waals surface area (Å²) in [6.45, 7) is 4.73. The third-order valence-electron chi connectivity index (χ3n) is 5.58. The number of anilines is 3. The Balaban J connectivity index is 1.35. The van der Waals surface area contributed by atoms with Gasteiger partial charge in [0.25, 0.3) is 5.91 Å². The van der Waals surface area contributed by atoms with Crippen molar-refractivity contribution in [2.24, 2.45) is 0 Å². The normalized spacial score (nSPS) is 16.2. The molecule has 1 aromatic carbocycles. The highest BCUT2D eigenvalue weighted by Gasteiger charge is 2.23. The van der Waals surface area contributed by atoms with Crippen LogP contribution in [0.2, 0.25) is 5.02 Å². The lowest BCUT2D eigenvalue weighted by atomic mass is 10.2. The number of likely N-dealkylation sites (N-methyl/N-ethyl adjacent to an activating group) is 1. The van der Waals surface area contributed by atoms with Crippen molar-refractivity contribution in [3.05, 3.63) is 41.2 Å². The Kier molecular flexibility index (Phi) is 7.06. The van der Waals surface area contributed by atoms with Crippen molar-refractivity contribution in [2.75, 3.05) is 68.1 Å². The second-order valence-electron chi connectivity index (χ2n) is 7.92. The molecule has 0 radical (unpaired) electrons. The van der Waals surface area contributed by atoms with Crippen LogP contribution in [0.25, 0.3) is 0 Å². The number of rotatable bonds is 6. The average molecular weight is 459 g/mol. The minimum atomic E-state index is -0.421. The standard InChI is InChI=1S/C22H27ClN6O3/c1-27(21(31)20-18(23)14-24-22(26-20)29-8-2-3-9-29)15-19(30)25-16-4-6-17(7-5-16)28-10-12-32-13-11-28/h4-7,14H,2-3,8-13,15H2,1H3,(H,25,30). The van der Waals surface area contributed by atoms with E-state index in [4.69, 9.17) is 16.3 Å². The average Bonchev–Trinajstić information content (AvgIpc) is 3.35. The van der Waals surface area contributed by atoms with Gasteiger partial charge in [-0.2, -0.15) is 0 Å². The van der Waals surface area contributed by atoms with Crippen LogP contribution < -0.4 is 15.1 Å². The van der Waals surface area contributed by atoms with Gasteiger partial charge in [-0.05, 0) is 37.1 Å². The molecule has 0 unspecified atom stereocenters. The molecule has 0 saturated carbocycles. The van der Waals surface area contributed by atoms with Gasteiger partial charge in [0.1, 0.15) is 0 Å². The van der Waals surface area contributed by atoms with Gasteiger partial charge in [0.05, 0.1) is 31.0 Å². The molecule has 0 spiro atoms. The zero-order valence-corrected chi connectivity index (χ0v) is 18.8. The summed E-state index contributed by atoms with van der Waals surface area (Å²) in [5.41, 5.74) is 1.86. The lowest BCUT2D eigenvalue weighted by molar-refractivity contribution is -0.116. The van der Waals surface area contributed by atoms with Crippen molar-refractivity contribution in [2.45, 2.75) is 12.8 Å². The zero-order valence-electron chi connectivity index (χ0n) is 18.1. The molecule has 0 atom stereocenters.